The number of hydrogen-bond acceptors (Lipinski definition) is 3. The molecule has 0 atom stereocenters. The second kappa shape index (κ2) is 5.51. The molecule has 4 nitrogen and oxygen atoms in total. The van der Waals surface area contributed by atoms with Crippen LogP contribution in [-0.4, -0.2) is 10.8 Å². The Morgan fingerprint density at radius 3 is 2.67 bits per heavy atom. The number of amidine groups is 1. The first-order chi connectivity index (χ1) is 8.65. The molecule has 0 fully saturated rings. The highest BCUT2D eigenvalue weighted by Gasteiger charge is 2.01. The van der Waals surface area contributed by atoms with Crippen LogP contribution in [0.2, 0.25) is 5.02 Å². The van der Waals surface area contributed by atoms with Gasteiger partial charge in [0.05, 0.1) is 0 Å². The smallest absolute Gasteiger partial charge is 0.141 e. The van der Waals surface area contributed by atoms with Crippen LogP contribution in [0.1, 0.15) is 11.3 Å². The lowest BCUT2D eigenvalue weighted by atomic mass is 10.2. The zero-order chi connectivity index (χ0) is 13.0. The maximum atomic E-state index is 7.30. The fourth-order valence-corrected chi connectivity index (χ4v) is 1.52. The van der Waals surface area contributed by atoms with Crippen LogP contribution in [0, 0.1) is 5.41 Å². The van der Waals surface area contributed by atoms with Gasteiger partial charge in [0.1, 0.15) is 23.9 Å². The van der Waals surface area contributed by atoms with E-state index in [0.29, 0.717) is 23.1 Å². The number of aromatic nitrogens is 1. The monoisotopic (exact) mass is 261 g/mol. The number of nitrogens with zero attached hydrogens (tertiary/aromatic N) is 1. The van der Waals surface area contributed by atoms with Gasteiger partial charge in [-0.1, -0.05) is 23.7 Å². The standard InChI is InChI=1S/C13H12ClN3O/c14-10-3-1-9(2-4-10)8-18-11-5-6-17-12(7-11)13(15)16/h1-7H,8H2,(H3,15,16). The van der Waals surface area contributed by atoms with Crippen LogP contribution in [0.5, 0.6) is 5.75 Å². The lowest BCUT2D eigenvalue weighted by Gasteiger charge is -2.07. The van der Waals surface area contributed by atoms with Crippen molar-refractivity contribution in [2.24, 2.45) is 5.73 Å². The Kier molecular flexibility index (Phi) is 3.79. The van der Waals surface area contributed by atoms with Crippen molar-refractivity contribution < 1.29 is 4.74 Å². The van der Waals surface area contributed by atoms with Crippen molar-refractivity contribution >= 4 is 17.4 Å². The first kappa shape index (κ1) is 12.4. The van der Waals surface area contributed by atoms with Gasteiger partial charge >= 0.3 is 0 Å². The van der Waals surface area contributed by atoms with Gasteiger partial charge in [-0.15, -0.1) is 0 Å². The van der Waals surface area contributed by atoms with Gasteiger partial charge in [0, 0.05) is 17.3 Å². The van der Waals surface area contributed by atoms with Crippen molar-refractivity contribution in [1.82, 2.24) is 4.98 Å². The summed E-state index contributed by atoms with van der Waals surface area (Å²) in [6, 6.07) is 10.8. The molecule has 18 heavy (non-hydrogen) atoms. The van der Waals surface area contributed by atoms with Gasteiger partial charge in [-0.05, 0) is 23.8 Å². The Balaban J connectivity index is 2.04. The van der Waals surface area contributed by atoms with E-state index < -0.39 is 0 Å². The Hall–Kier alpha value is -2.07. The normalized spacial score (nSPS) is 10.1. The highest BCUT2D eigenvalue weighted by molar-refractivity contribution is 6.30. The largest absolute Gasteiger partial charge is 0.489 e. The van der Waals surface area contributed by atoms with E-state index in [0.717, 1.165) is 5.56 Å². The third-order valence-electron chi connectivity index (χ3n) is 2.33. The number of ether oxygens (including phenoxy) is 1. The quantitative estimate of drug-likeness (QED) is 0.656. The van der Waals surface area contributed by atoms with Crippen molar-refractivity contribution in [2.45, 2.75) is 6.61 Å². The maximum Gasteiger partial charge on any atom is 0.141 e. The second-order valence-electron chi connectivity index (χ2n) is 3.71. The van der Waals surface area contributed by atoms with Crippen LogP contribution in [-0.2, 0) is 6.61 Å². The van der Waals surface area contributed by atoms with Crippen LogP contribution in [0.3, 0.4) is 0 Å². The van der Waals surface area contributed by atoms with Gasteiger partial charge < -0.3 is 10.5 Å². The molecule has 0 saturated heterocycles. The number of halogens is 1. The van der Waals surface area contributed by atoms with Crippen molar-refractivity contribution in [1.29, 1.82) is 5.41 Å². The molecular weight excluding hydrogens is 250 g/mol. The molecule has 2 rings (SSSR count). The Bertz CT molecular complexity index is 554. The van der Waals surface area contributed by atoms with Crippen LogP contribution < -0.4 is 10.5 Å². The zero-order valence-corrected chi connectivity index (χ0v) is 10.3. The van der Waals surface area contributed by atoms with Crippen LogP contribution in [0.15, 0.2) is 42.6 Å². The van der Waals surface area contributed by atoms with E-state index in [1.807, 2.05) is 24.3 Å². The Labute approximate surface area is 110 Å². The SMILES string of the molecule is N=C(N)c1cc(OCc2ccc(Cl)cc2)ccn1. The Morgan fingerprint density at radius 2 is 2.00 bits per heavy atom. The fourth-order valence-electron chi connectivity index (χ4n) is 1.40. The van der Waals surface area contributed by atoms with E-state index in [1.54, 1.807) is 18.3 Å². The first-order valence-electron chi connectivity index (χ1n) is 5.33. The number of hydrogen-bond donors (Lipinski definition) is 2. The molecule has 0 spiro atoms. The molecular formula is C13H12ClN3O. The molecule has 92 valence electrons. The summed E-state index contributed by atoms with van der Waals surface area (Å²) in [5.74, 6) is 0.553. The van der Waals surface area contributed by atoms with Crippen molar-refractivity contribution in [2.75, 3.05) is 0 Å². The molecule has 0 aliphatic rings. The fraction of sp³-hybridized carbons (Fsp3) is 0.0769. The van der Waals surface area contributed by atoms with Crippen LogP contribution >= 0.6 is 11.6 Å². The summed E-state index contributed by atoms with van der Waals surface area (Å²) < 4.78 is 5.59. The van der Waals surface area contributed by atoms with Gasteiger partial charge in [-0.2, -0.15) is 0 Å². The summed E-state index contributed by atoms with van der Waals surface area (Å²) in [5.41, 5.74) is 6.78. The number of nitrogen functional groups attached to an aromatic ring is 1. The van der Waals surface area contributed by atoms with E-state index in [4.69, 9.17) is 27.5 Å². The molecule has 5 heteroatoms. The summed E-state index contributed by atoms with van der Waals surface area (Å²) in [4.78, 5) is 3.96. The van der Waals surface area contributed by atoms with Gasteiger partial charge in [0.25, 0.3) is 0 Å². The number of pyridine rings is 1. The third-order valence-corrected chi connectivity index (χ3v) is 2.58. The van der Waals surface area contributed by atoms with E-state index >= 15 is 0 Å². The average molecular weight is 262 g/mol. The number of benzene rings is 1. The Morgan fingerprint density at radius 1 is 1.28 bits per heavy atom. The average Bonchev–Trinajstić information content (AvgIpc) is 2.38. The van der Waals surface area contributed by atoms with Gasteiger partial charge in [0.15, 0.2) is 0 Å². The minimum absolute atomic E-state index is 0.0769. The second-order valence-corrected chi connectivity index (χ2v) is 4.14. The zero-order valence-electron chi connectivity index (χ0n) is 9.56. The van der Waals surface area contributed by atoms with Gasteiger partial charge in [-0.3, -0.25) is 10.4 Å². The first-order valence-corrected chi connectivity index (χ1v) is 5.70. The summed E-state index contributed by atoms with van der Waals surface area (Å²) in [6.45, 7) is 0.429. The minimum Gasteiger partial charge on any atom is -0.489 e. The molecule has 0 amide bonds. The van der Waals surface area contributed by atoms with Gasteiger partial charge in [-0.25, -0.2) is 0 Å². The lowest BCUT2D eigenvalue weighted by molar-refractivity contribution is 0.306. The molecule has 1 aromatic heterocycles. The third kappa shape index (κ3) is 3.21. The molecule has 0 bridgehead atoms. The van der Waals surface area contributed by atoms with Crippen molar-refractivity contribution in [3.05, 3.63) is 58.9 Å². The summed E-state index contributed by atoms with van der Waals surface area (Å²) >= 11 is 5.80. The summed E-state index contributed by atoms with van der Waals surface area (Å²) in [5, 5.41) is 7.99. The molecule has 0 aliphatic heterocycles. The number of rotatable bonds is 4. The molecule has 0 saturated carbocycles. The highest BCUT2D eigenvalue weighted by atomic mass is 35.5. The van der Waals surface area contributed by atoms with E-state index in [2.05, 4.69) is 4.98 Å². The van der Waals surface area contributed by atoms with E-state index in [9.17, 15) is 0 Å². The van der Waals surface area contributed by atoms with Gasteiger partial charge in [0.2, 0.25) is 0 Å². The van der Waals surface area contributed by atoms with E-state index in [-0.39, 0.29) is 5.84 Å². The van der Waals surface area contributed by atoms with Crippen molar-refractivity contribution in [3.63, 3.8) is 0 Å². The minimum atomic E-state index is -0.0769. The summed E-state index contributed by atoms with van der Waals surface area (Å²) in [6.07, 6.45) is 1.56. The summed E-state index contributed by atoms with van der Waals surface area (Å²) in [7, 11) is 0. The molecule has 1 aromatic carbocycles. The molecule has 0 radical (unpaired) electrons. The molecule has 3 N–H and O–H groups in total. The molecule has 1 heterocycles. The van der Waals surface area contributed by atoms with Crippen LogP contribution in [0.4, 0.5) is 0 Å². The predicted octanol–water partition coefficient (Wildman–Crippen LogP) is 2.60. The lowest BCUT2D eigenvalue weighted by Crippen LogP contribution is -2.13. The predicted molar refractivity (Wildman–Crippen MR) is 71.0 cm³/mol. The number of nitrogens with one attached hydrogen (secondary N) is 1. The topological polar surface area (TPSA) is 72.0 Å². The van der Waals surface area contributed by atoms with Crippen LogP contribution in [0.25, 0.3) is 0 Å². The highest BCUT2D eigenvalue weighted by Crippen LogP contribution is 2.14. The number of nitrogens with two attached hydrogens (primary N) is 1. The van der Waals surface area contributed by atoms with Crippen molar-refractivity contribution in [3.8, 4) is 5.75 Å². The molecule has 0 aliphatic carbocycles. The molecule has 2 aromatic rings. The molecule has 0 unspecified atom stereocenters. The van der Waals surface area contributed by atoms with E-state index in [1.165, 1.54) is 0 Å². The maximum absolute atomic E-state index is 7.30.